The van der Waals surface area contributed by atoms with Crippen molar-refractivity contribution in [3.63, 3.8) is 0 Å². The summed E-state index contributed by atoms with van der Waals surface area (Å²) in [5.74, 6) is -0.232. The maximum Gasteiger partial charge on any atom is 0.298 e. The molecule has 2 N–H and O–H groups in total. The van der Waals surface area contributed by atoms with E-state index in [-0.39, 0.29) is 11.4 Å². The lowest BCUT2D eigenvalue weighted by molar-refractivity contribution is -0.122. The molecule has 0 aliphatic carbocycles. The predicted octanol–water partition coefficient (Wildman–Crippen LogP) is 5.26. The van der Waals surface area contributed by atoms with Gasteiger partial charge >= 0.3 is 0 Å². The van der Waals surface area contributed by atoms with E-state index < -0.39 is 5.60 Å². The van der Waals surface area contributed by atoms with Crippen LogP contribution >= 0.6 is 0 Å². The zero-order valence-corrected chi connectivity index (χ0v) is 25.8. The lowest BCUT2D eigenvalue weighted by atomic mass is 10.0. The highest BCUT2D eigenvalue weighted by Crippen LogP contribution is 2.35. The van der Waals surface area contributed by atoms with Gasteiger partial charge in [0.1, 0.15) is 11.3 Å². The highest BCUT2D eigenvalue weighted by Gasteiger charge is 2.28. The molecule has 0 amide bonds. The summed E-state index contributed by atoms with van der Waals surface area (Å²) in [7, 11) is 0. The van der Waals surface area contributed by atoms with E-state index in [9.17, 15) is 4.39 Å². The summed E-state index contributed by atoms with van der Waals surface area (Å²) in [6, 6.07) is 12.0. The number of hydrogen-bond donors (Lipinski definition) is 1. The number of ether oxygens (including phenoxy) is 3. The molecule has 2 aliphatic rings. The number of nitrogens with two attached hydrogens (primary N) is 1. The molecular formula is C33H44FN5O4. The maximum absolute atomic E-state index is 14.5. The molecule has 1 saturated heterocycles. The van der Waals surface area contributed by atoms with Crippen LogP contribution in [0.2, 0.25) is 0 Å². The number of morpholine rings is 1. The third-order valence-electron chi connectivity index (χ3n) is 8.59. The summed E-state index contributed by atoms with van der Waals surface area (Å²) in [6.45, 7) is 14.9. The average molecular weight is 594 g/mol. The molecule has 4 heterocycles. The first kappa shape index (κ1) is 29.9. The molecule has 9 nitrogen and oxygen atoms in total. The van der Waals surface area contributed by atoms with E-state index >= 15 is 0 Å². The van der Waals surface area contributed by atoms with Crippen LogP contribution < -0.4 is 15.5 Å². The van der Waals surface area contributed by atoms with Gasteiger partial charge in [0.25, 0.3) is 6.01 Å². The van der Waals surface area contributed by atoms with Crippen molar-refractivity contribution in [1.29, 1.82) is 0 Å². The summed E-state index contributed by atoms with van der Waals surface area (Å²) in [6.07, 6.45) is 1.64. The number of oxazole rings is 1. The van der Waals surface area contributed by atoms with E-state index in [0.717, 1.165) is 66.7 Å². The Labute approximate surface area is 252 Å². The number of rotatable bonds is 11. The Morgan fingerprint density at radius 3 is 2.58 bits per heavy atom. The molecular weight excluding hydrogens is 549 g/mol. The van der Waals surface area contributed by atoms with Crippen molar-refractivity contribution in [1.82, 2.24) is 9.55 Å². The van der Waals surface area contributed by atoms with Gasteiger partial charge in [-0.3, -0.25) is 0 Å². The van der Waals surface area contributed by atoms with Gasteiger partial charge in [-0.2, -0.15) is 4.98 Å². The normalized spacial score (nSPS) is 16.4. The number of nitrogens with zero attached hydrogens (tertiary/aromatic N) is 4. The molecule has 2 aromatic heterocycles. The molecule has 2 aliphatic heterocycles. The smallest absolute Gasteiger partial charge is 0.298 e. The topological polar surface area (TPSA) is 91.2 Å². The second kappa shape index (κ2) is 12.1. The maximum atomic E-state index is 14.5. The summed E-state index contributed by atoms with van der Waals surface area (Å²) < 4.78 is 40.7. The van der Waals surface area contributed by atoms with Crippen molar-refractivity contribution in [2.24, 2.45) is 5.73 Å². The number of aromatic nitrogens is 2. The number of hydrogen-bond acceptors (Lipinski definition) is 8. The minimum Gasteiger partial charge on any atom is -0.423 e. The molecule has 4 aromatic rings. The second-order valence-corrected chi connectivity index (χ2v) is 12.9. The zero-order chi connectivity index (χ0) is 30.2. The summed E-state index contributed by atoms with van der Waals surface area (Å²) in [5.41, 5.74) is 11.1. The number of fused-ring (bicyclic) bond motifs is 4. The van der Waals surface area contributed by atoms with Gasteiger partial charge in [-0.1, -0.05) is 0 Å². The Morgan fingerprint density at radius 2 is 1.79 bits per heavy atom. The van der Waals surface area contributed by atoms with Gasteiger partial charge < -0.3 is 38.7 Å². The van der Waals surface area contributed by atoms with Crippen LogP contribution in [-0.4, -0.2) is 73.4 Å². The van der Waals surface area contributed by atoms with E-state index in [4.69, 9.17) is 29.3 Å². The van der Waals surface area contributed by atoms with Crippen LogP contribution in [-0.2, 0) is 33.7 Å². The number of halogens is 1. The lowest BCUT2D eigenvalue weighted by Crippen LogP contribution is -2.38. The second-order valence-electron chi connectivity index (χ2n) is 12.9. The van der Waals surface area contributed by atoms with E-state index in [2.05, 4.69) is 40.3 Å². The predicted molar refractivity (Wildman–Crippen MR) is 167 cm³/mol. The summed E-state index contributed by atoms with van der Waals surface area (Å²) in [4.78, 5) is 9.29. The van der Waals surface area contributed by atoms with Crippen molar-refractivity contribution >= 4 is 33.7 Å². The van der Waals surface area contributed by atoms with Crippen LogP contribution in [0, 0.1) is 5.82 Å². The fourth-order valence-electron chi connectivity index (χ4n) is 6.13. The molecule has 232 valence electrons. The minimum absolute atomic E-state index is 0.232. The van der Waals surface area contributed by atoms with Crippen molar-refractivity contribution in [2.45, 2.75) is 64.8 Å². The van der Waals surface area contributed by atoms with Crippen LogP contribution in [0.1, 0.15) is 45.4 Å². The van der Waals surface area contributed by atoms with Crippen LogP contribution in [0.3, 0.4) is 0 Å². The van der Waals surface area contributed by atoms with Gasteiger partial charge in [-0.05, 0) is 77.1 Å². The first-order valence-corrected chi connectivity index (χ1v) is 15.4. The van der Waals surface area contributed by atoms with E-state index in [1.807, 2.05) is 26.0 Å². The zero-order valence-electron chi connectivity index (χ0n) is 25.8. The van der Waals surface area contributed by atoms with Crippen molar-refractivity contribution in [3.8, 4) is 0 Å². The Kier molecular flexibility index (Phi) is 8.39. The van der Waals surface area contributed by atoms with E-state index in [1.54, 1.807) is 12.1 Å². The molecule has 0 bridgehead atoms. The standard InChI is InChI=1S/C33H44FN5O4/c1-32(2,10-11-35)42-22-33(3,4)41-18-15-39-28-9-12-38(21-26(28)25-7-5-23(34)19-29(25)39)24-6-8-30-27(20-24)36-31(43-30)37-13-16-40-17-14-37/h5-8,19-20H,9-18,21-22,35H2,1-4H3. The molecule has 0 atom stereocenters. The fraction of sp³-hybridized carbons (Fsp3) is 0.545. The van der Waals surface area contributed by atoms with Gasteiger partial charge in [0.2, 0.25) is 0 Å². The fourth-order valence-corrected chi connectivity index (χ4v) is 6.13. The molecule has 0 radical (unpaired) electrons. The van der Waals surface area contributed by atoms with Crippen LogP contribution in [0.5, 0.6) is 0 Å². The molecule has 0 saturated carbocycles. The Morgan fingerprint density at radius 1 is 0.977 bits per heavy atom. The Bertz CT molecular complexity index is 1570. The quantitative estimate of drug-likeness (QED) is 0.252. The lowest BCUT2D eigenvalue weighted by Gasteiger charge is -2.32. The molecule has 1 fully saturated rings. The monoisotopic (exact) mass is 593 g/mol. The van der Waals surface area contributed by atoms with Crippen molar-refractivity contribution < 1.29 is 23.0 Å². The Balaban J connectivity index is 1.19. The third kappa shape index (κ3) is 6.52. The molecule has 43 heavy (non-hydrogen) atoms. The Hall–Kier alpha value is -3.18. The van der Waals surface area contributed by atoms with Gasteiger partial charge in [0.15, 0.2) is 5.58 Å². The third-order valence-corrected chi connectivity index (χ3v) is 8.59. The van der Waals surface area contributed by atoms with Gasteiger partial charge in [-0.15, -0.1) is 0 Å². The van der Waals surface area contributed by atoms with Gasteiger partial charge in [0, 0.05) is 61.5 Å². The summed E-state index contributed by atoms with van der Waals surface area (Å²) >= 11 is 0. The summed E-state index contributed by atoms with van der Waals surface area (Å²) in [5, 5.41) is 1.09. The largest absolute Gasteiger partial charge is 0.423 e. The first-order valence-electron chi connectivity index (χ1n) is 15.4. The molecule has 0 spiro atoms. The van der Waals surface area contributed by atoms with Crippen LogP contribution in [0.15, 0.2) is 40.8 Å². The van der Waals surface area contributed by atoms with Crippen molar-refractivity contribution in [2.75, 3.05) is 62.4 Å². The van der Waals surface area contributed by atoms with Gasteiger partial charge in [0.05, 0.1) is 43.1 Å². The van der Waals surface area contributed by atoms with Crippen LogP contribution in [0.4, 0.5) is 16.1 Å². The molecule has 0 unspecified atom stereocenters. The molecule has 6 rings (SSSR count). The average Bonchev–Trinajstić information content (AvgIpc) is 3.55. The first-order chi connectivity index (χ1) is 20.6. The highest BCUT2D eigenvalue weighted by atomic mass is 19.1. The SMILES string of the molecule is CC(C)(CCN)OCC(C)(C)OCCn1c2c(c3ccc(F)cc31)CN(c1ccc3oc(N4CCOCC4)nc3c1)CC2. The number of anilines is 2. The van der Waals surface area contributed by atoms with E-state index in [0.29, 0.717) is 45.5 Å². The van der Waals surface area contributed by atoms with Crippen molar-refractivity contribution in [3.05, 3.63) is 53.5 Å². The van der Waals surface area contributed by atoms with E-state index in [1.165, 1.54) is 11.3 Å². The molecule has 10 heteroatoms. The van der Waals surface area contributed by atoms with Crippen LogP contribution in [0.25, 0.3) is 22.0 Å². The molecule has 2 aromatic carbocycles. The number of benzene rings is 2. The highest BCUT2D eigenvalue weighted by molar-refractivity contribution is 5.87. The minimum atomic E-state index is -0.460. The van der Waals surface area contributed by atoms with Gasteiger partial charge in [-0.25, -0.2) is 4.39 Å².